The Balaban J connectivity index is 2.11. The minimum Gasteiger partial charge on any atom is -0.494 e. The summed E-state index contributed by atoms with van der Waals surface area (Å²) >= 11 is 0. The number of hydrogen-bond donors (Lipinski definition) is 2. The van der Waals surface area contributed by atoms with Crippen molar-refractivity contribution < 1.29 is 23.8 Å². The maximum atomic E-state index is 13.6. The molecule has 0 radical (unpaired) electrons. The average Bonchev–Trinajstić information content (AvgIpc) is 2.47. The molecule has 112 valence electrons. The monoisotopic (exact) mass is 293 g/mol. The Morgan fingerprint density at radius 3 is 2.52 bits per heavy atom. The van der Waals surface area contributed by atoms with Crippen LogP contribution in [0.1, 0.15) is 12.8 Å². The van der Waals surface area contributed by atoms with Crippen LogP contribution >= 0.6 is 0 Å². The van der Waals surface area contributed by atoms with Crippen LogP contribution in [0.5, 0.6) is 5.75 Å². The summed E-state index contributed by atoms with van der Waals surface area (Å²) in [7, 11) is 1.35. The topological polar surface area (TPSA) is 75.6 Å². The van der Waals surface area contributed by atoms with Gasteiger partial charge in [-0.1, -0.05) is 12.2 Å². The van der Waals surface area contributed by atoms with E-state index in [0.29, 0.717) is 12.8 Å². The predicted octanol–water partition coefficient (Wildman–Crippen LogP) is 2.44. The molecule has 0 aliphatic heterocycles. The maximum absolute atomic E-state index is 13.6. The molecule has 0 unspecified atom stereocenters. The van der Waals surface area contributed by atoms with E-state index < -0.39 is 29.5 Å². The first-order valence-corrected chi connectivity index (χ1v) is 6.55. The quantitative estimate of drug-likeness (QED) is 0.836. The van der Waals surface area contributed by atoms with Gasteiger partial charge in [0.25, 0.3) is 0 Å². The Morgan fingerprint density at radius 2 is 1.95 bits per heavy atom. The van der Waals surface area contributed by atoms with Gasteiger partial charge in [0.15, 0.2) is 11.6 Å². The molecule has 0 saturated carbocycles. The summed E-state index contributed by atoms with van der Waals surface area (Å²) in [5.41, 5.74) is 0.275. The number of hydrogen-bond acceptors (Lipinski definition) is 3. The molecule has 5 nitrogen and oxygen atoms in total. The van der Waals surface area contributed by atoms with Gasteiger partial charge in [-0.15, -0.1) is 0 Å². The van der Waals surface area contributed by atoms with Crippen molar-refractivity contribution in [3.8, 4) is 5.75 Å². The van der Waals surface area contributed by atoms with Crippen LogP contribution in [-0.4, -0.2) is 24.1 Å². The molecule has 2 N–H and O–H groups in total. The lowest BCUT2D eigenvalue weighted by atomic mass is 9.82. The highest BCUT2D eigenvalue weighted by molar-refractivity contribution is 5.95. The SMILES string of the molecule is COc1ccc(NC(=O)[C@@H]2CC=CC[C@@H]2C(=O)O)cc1F. The van der Waals surface area contributed by atoms with E-state index in [4.69, 9.17) is 9.84 Å². The summed E-state index contributed by atoms with van der Waals surface area (Å²) in [5, 5.41) is 11.7. The second-order valence-corrected chi connectivity index (χ2v) is 4.83. The van der Waals surface area contributed by atoms with E-state index in [1.54, 1.807) is 12.2 Å². The largest absolute Gasteiger partial charge is 0.494 e. The molecule has 0 heterocycles. The van der Waals surface area contributed by atoms with Gasteiger partial charge in [-0.3, -0.25) is 9.59 Å². The van der Waals surface area contributed by atoms with E-state index in [1.165, 1.54) is 19.2 Å². The fraction of sp³-hybridized carbons (Fsp3) is 0.333. The molecular formula is C15H16FNO4. The molecule has 1 aromatic rings. The molecule has 2 rings (SSSR count). The maximum Gasteiger partial charge on any atom is 0.307 e. The highest BCUT2D eigenvalue weighted by atomic mass is 19.1. The predicted molar refractivity (Wildman–Crippen MR) is 74.6 cm³/mol. The van der Waals surface area contributed by atoms with Crippen LogP contribution in [0.3, 0.4) is 0 Å². The smallest absolute Gasteiger partial charge is 0.307 e. The molecule has 6 heteroatoms. The lowest BCUT2D eigenvalue weighted by molar-refractivity contribution is -0.146. The van der Waals surface area contributed by atoms with E-state index in [1.807, 2.05) is 0 Å². The van der Waals surface area contributed by atoms with Gasteiger partial charge < -0.3 is 15.2 Å². The summed E-state index contributed by atoms with van der Waals surface area (Å²) < 4.78 is 18.4. The Kier molecular flexibility index (Phi) is 4.57. The fourth-order valence-electron chi connectivity index (χ4n) is 2.36. The van der Waals surface area contributed by atoms with Gasteiger partial charge in [0.2, 0.25) is 5.91 Å². The van der Waals surface area contributed by atoms with E-state index >= 15 is 0 Å². The number of nitrogens with one attached hydrogen (secondary N) is 1. The Bertz CT molecular complexity index is 585. The van der Waals surface area contributed by atoms with E-state index in [2.05, 4.69) is 5.32 Å². The normalized spacial score (nSPS) is 20.9. The molecule has 0 spiro atoms. The van der Waals surface area contributed by atoms with Crippen LogP contribution in [0.2, 0.25) is 0 Å². The number of ether oxygens (including phenoxy) is 1. The van der Waals surface area contributed by atoms with Crippen molar-refractivity contribution in [1.29, 1.82) is 0 Å². The minimum absolute atomic E-state index is 0.0806. The lowest BCUT2D eigenvalue weighted by Crippen LogP contribution is -2.34. The number of anilines is 1. The molecule has 2 atom stereocenters. The standard InChI is InChI=1S/C15H16FNO4/c1-21-13-7-6-9(8-12(13)16)17-14(18)10-4-2-3-5-11(10)15(19)20/h2-3,6-8,10-11H,4-5H2,1H3,(H,17,18)(H,19,20)/t10-,11+/m1/s1. The first kappa shape index (κ1) is 15.0. The summed E-state index contributed by atoms with van der Waals surface area (Å²) in [5.74, 6) is -3.34. The first-order valence-electron chi connectivity index (χ1n) is 6.55. The Morgan fingerprint density at radius 1 is 1.29 bits per heavy atom. The highest BCUT2D eigenvalue weighted by Gasteiger charge is 2.33. The van der Waals surface area contributed by atoms with Gasteiger partial charge in [0.1, 0.15) is 0 Å². The minimum atomic E-state index is -1.000. The number of benzene rings is 1. The summed E-state index contributed by atoms with van der Waals surface area (Å²) in [6.07, 6.45) is 4.24. The van der Waals surface area contributed by atoms with E-state index in [9.17, 15) is 14.0 Å². The number of carbonyl (C=O) groups is 2. The number of amides is 1. The van der Waals surface area contributed by atoms with Crippen LogP contribution in [0, 0.1) is 17.7 Å². The number of carbonyl (C=O) groups excluding carboxylic acids is 1. The van der Waals surface area contributed by atoms with E-state index in [-0.39, 0.29) is 11.4 Å². The highest BCUT2D eigenvalue weighted by Crippen LogP contribution is 2.28. The molecule has 1 aliphatic carbocycles. The number of methoxy groups -OCH3 is 1. The summed E-state index contributed by atoms with van der Waals surface area (Å²) in [6.45, 7) is 0. The van der Waals surface area contributed by atoms with Gasteiger partial charge in [0.05, 0.1) is 18.9 Å². The molecule has 0 bridgehead atoms. The number of carboxylic acid groups (broad SMARTS) is 1. The Labute approximate surface area is 121 Å². The van der Waals surface area contributed by atoms with Crippen LogP contribution < -0.4 is 10.1 Å². The molecule has 21 heavy (non-hydrogen) atoms. The van der Waals surface area contributed by atoms with Crippen molar-refractivity contribution in [1.82, 2.24) is 0 Å². The van der Waals surface area contributed by atoms with Crippen molar-refractivity contribution in [3.05, 3.63) is 36.2 Å². The number of allylic oxidation sites excluding steroid dienone is 2. The van der Waals surface area contributed by atoms with Crippen LogP contribution in [0.15, 0.2) is 30.4 Å². The van der Waals surface area contributed by atoms with Crippen molar-refractivity contribution in [2.75, 3.05) is 12.4 Å². The van der Waals surface area contributed by atoms with E-state index in [0.717, 1.165) is 6.07 Å². The molecule has 0 aromatic heterocycles. The van der Waals surface area contributed by atoms with Gasteiger partial charge in [-0.25, -0.2) is 4.39 Å². The van der Waals surface area contributed by atoms with Gasteiger partial charge in [-0.2, -0.15) is 0 Å². The second-order valence-electron chi connectivity index (χ2n) is 4.83. The molecule has 1 amide bonds. The summed E-state index contributed by atoms with van der Waals surface area (Å²) in [4.78, 5) is 23.4. The molecule has 1 aliphatic rings. The molecular weight excluding hydrogens is 277 g/mol. The third-order valence-electron chi connectivity index (χ3n) is 3.51. The fourth-order valence-corrected chi connectivity index (χ4v) is 2.36. The third-order valence-corrected chi connectivity index (χ3v) is 3.51. The van der Waals surface area contributed by atoms with Crippen molar-refractivity contribution in [2.45, 2.75) is 12.8 Å². The van der Waals surface area contributed by atoms with Crippen molar-refractivity contribution in [2.24, 2.45) is 11.8 Å². The van der Waals surface area contributed by atoms with Crippen molar-refractivity contribution in [3.63, 3.8) is 0 Å². The molecule has 1 aromatic carbocycles. The number of carboxylic acids is 1. The molecule has 0 saturated heterocycles. The number of aliphatic carboxylic acids is 1. The zero-order valence-electron chi connectivity index (χ0n) is 11.5. The lowest BCUT2D eigenvalue weighted by Gasteiger charge is -2.24. The average molecular weight is 293 g/mol. The van der Waals surface area contributed by atoms with Crippen LogP contribution in [0.25, 0.3) is 0 Å². The van der Waals surface area contributed by atoms with Gasteiger partial charge >= 0.3 is 5.97 Å². The third kappa shape index (κ3) is 3.39. The zero-order valence-corrected chi connectivity index (χ0v) is 11.5. The summed E-state index contributed by atoms with van der Waals surface area (Å²) in [6, 6.07) is 4.06. The van der Waals surface area contributed by atoms with Crippen LogP contribution in [-0.2, 0) is 9.59 Å². The number of halogens is 1. The van der Waals surface area contributed by atoms with Crippen LogP contribution in [0.4, 0.5) is 10.1 Å². The zero-order chi connectivity index (χ0) is 15.4. The molecule has 0 fully saturated rings. The first-order chi connectivity index (χ1) is 10.0. The Hall–Kier alpha value is -2.37. The van der Waals surface area contributed by atoms with Gasteiger partial charge in [-0.05, 0) is 25.0 Å². The van der Waals surface area contributed by atoms with Gasteiger partial charge in [0, 0.05) is 11.8 Å². The van der Waals surface area contributed by atoms with Crippen molar-refractivity contribution >= 4 is 17.6 Å². The second kappa shape index (κ2) is 6.39. The number of rotatable bonds is 4.